The first-order chi connectivity index (χ1) is 8.88. The van der Waals surface area contributed by atoms with E-state index in [2.05, 4.69) is 4.98 Å². The van der Waals surface area contributed by atoms with Crippen LogP contribution in [0.1, 0.15) is 11.1 Å². The Balaban J connectivity index is 2.25. The highest BCUT2D eigenvalue weighted by molar-refractivity contribution is 5.59. The average Bonchev–Trinajstić information content (AvgIpc) is 2.38. The fraction of sp³-hybridized carbons (Fsp3) is 0.214. The first kappa shape index (κ1) is 13.4. The van der Waals surface area contributed by atoms with Crippen LogP contribution < -0.4 is 4.90 Å². The molecule has 0 atom stereocenters. The molecule has 19 heavy (non-hydrogen) atoms. The largest absolute Gasteiger partial charge is 0.416 e. The molecule has 2 aromatic rings. The maximum atomic E-state index is 12.5. The number of anilines is 2. The van der Waals surface area contributed by atoms with E-state index in [0.29, 0.717) is 11.5 Å². The zero-order valence-corrected chi connectivity index (χ0v) is 10.6. The molecule has 0 saturated heterocycles. The highest BCUT2D eigenvalue weighted by Gasteiger charge is 2.30. The molecule has 100 valence electrons. The number of aromatic nitrogens is 1. The number of hydrogen-bond donors (Lipinski definition) is 0. The Morgan fingerprint density at radius 2 is 1.63 bits per heavy atom. The molecule has 0 N–H and O–H groups in total. The SMILES string of the molecule is Cc1ccc(N(C)c2ccc(C(F)(F)F)cc2)nc1. The van der Waals surface area contributed by atoms with Crippen molar-refractivity contribution in [2.24, 2.45) is 0 Å². The normalized spacial score (nSPS) is 11.4. The van der Waals surface area contributed by atoms with Gasteiger partial charge in [-0.2, -0.15) is 13.2 Å². The lowest BCUT2D eigenvalue weighted by Crippen LogP contribution is -2.12. The van der Waals surface area contributed by atoms with Crippen molar-refractivity contribution < 1.29 is 13.2 Å². The molecular weight excluding hydrogens is 253 g/mol. The number of alkyl halides is 3. The number of aryl methyl sites for hydroxylation is 1. The molecule has 2 rings (SSSR count). The van der Waals surface area contributed by atoms with Gasteiger partial charge in [-0.05, 0) is 42.8 Å². The van der Waals surface area contributed by atoms with Crippen LogP contribution in [0.25, 0.3) is 0 Å². The van der Waals surface area contributed by atoms with E-state index in [1.54, 1.807) is 18.1 Å². The molecule has 1 aromatic heterocycles. The molecule has 0 unspecified atom stereocenters. The molecule has 0 radical (unpaired) electrons. The summed E-state index contributed by atoms with van der Waals surface area (Å²) in [5.41, 5.74) is 1.04. The monoisotopic (exact) mass is 266 g/mol. The van der Waals surface area contributed by atoms with Gasteiger partial charge in [-0.15, -0.1) is 0 Å². The zero-order valence-electron chi connectivity index (χ0n) is 10.6. The van der Waals surface area contributed by atoms with Crippen molar-refractivity contribution in [3.05, 3.63) is 53.7 Å². The lowest BCUT2D eigenvalue weighted by atomic mass is 10.2. The van der Waals surface area contributed by atoms with Gasteiger partial charge in [0.1, 0.15) is 5.82 Å². The Morgan fingerprint density at radius 3 is 2.11 bits per heavy atom. The van der Waals surface area contributed by atoms with E-state index < -0.39 is 11.7 Å². The van der Waals surface area contributed by atoms with Crippen LogP contribution in [0.3, 0.4) is 0 Å². The van der Waals surface area contributed by atoms with Crippen LogP contribution in [0.15, 0.2) is 42.6 Å². The Morgan fingerprint density at radius 1 is 1.00 bits per heavy atom. The summed E-state index contributed by atoms with van der Waals surface area (Å²) in [5, 5.41) is 0. The van der Waals surface area contributed by atoms with Crippen LogP contribution in [-0.4, -0.2) is 12.0 Å². The lowest BCUT2D eigenvalue weighted by Gasteiger charge is -2.19. The van der Waals surface area contributed by atoms with Gasteiger partial charge in [-0.3, -0.25) is 0 Å². The zero-order chi connectivity index (χ0) is 14.0. The van der Waals surface area contributed by atoms with Gasteiger partial charge < -0.3 is 4.90 Å². The lowest BCUT2D eigenvalue weighted by molar-refractivity contribution is -0.137. The molecule has 2 nitrogen and oxygen atoms in total. The van der Waals surface area contributed by atoms with Crippen LogP contribution in [0.4, 0.5) is 24.7 Å². The van der Waals surface area contributed by atoms with Crippen molar-refractivity contribution in [2.45, 2.75) is 13.1 Å². The number of nitrogens with zero attached hydrogens (tertiary/aromatic N) is 2. The van der Waals surface area contributed by atoms with Crippen molar-refractivity contribution in [3.63, 3.8) is 0 Å². The Labute approximate surface area is 109 Å². The molecule has 1 aromatic carbocycles. The standard InChI is InChI=1S/C14H13F3N2/c1-10-3-8-13(18-9-10)19(2)12-6-4-11(5-7-12)14(15,16)17/h3-9H,1-2H3. The Kier molecular flexibility index (Phi) is 3.46. The third kappa shape index (κ3) is 3.05. The molecule has 0 amide bonds. The van der Waals surface area contributed by atoms with Gasteiger partial charge in [0.05, 0.1) is 5.56 Å². The second kappa shape index (κ2) is 4.91. The van der Waals surface area contributed by atoms with E-state index in [0.717, 1.165) is 17.7 Å². The molecule has 0 aliphatic heterocycles. The molecule has 0 aliphatic rings. The summed E-state index contributed by atoms with van der Waals surface area (Å²) in [5.74, 6) is 0.686. The summed E-state index contributed by atoms with van der Waals surface area (Å²) in [6, 6.07) is 8.74. The summed E-state index contributed by atoms with van der Waals surface area (Å²) in [6.45, 7) is 1.93. The summed E-state index contributed by atoms with van der Waals surface area (Å²) in [4.78, 5) is 5.97. The molecule has 0 aliphatic carbocycles. The summed E-state index contributed by atoms with van der Waals surface area (Å²) < 4.78 is 37.4. The van der Waals surface area contributed by atoms with Crippen LogP contribution in [-0.2, 0) is 6.18 Å². The fourth-order valence-corrected chi connectivity index (χ4v) is 1.66. The second-order valence-electron chi connectivity index (χ2n) is 4.30. The van der Waals surface area contributed by atoms with Crippen LogP contribution in [0.5, 0.6) is 0 Å². The van der Waals surface area contributed by atoms with Crippen molar-refractivity contribution in [2.75, 3.05) is 11.9 Å². The third-order valence-corrected chi connectivity index (χ3v) is 2.82. The maximum absolute atomic E-state index is 12.5. The van der Waals surface area contributed by atoms with Crippen molar-refractivity contribution in [1.82, 2.24) is 4.98 Å². The minimum absolute atomic E-state index is 0.651. The van der Waals surface area contributed by atoms with E-state index in [9.17, 15) is 13.2 Å². The predicted octanol–water partition coefficient (Wildman–Crippen LogP) is 4.18. The number of pyridine rings is 1. The maximum Gasteiger partial charge on any atom is 0.416 e. The molecule has 0 fully saturated rings. The van der Waals surface area contributed by atoms with E-state index in [1.807, 2.05) is 19.1 Å². The number of benzene rings is 1. The molecule has 0 bridgehead atoms. The van der Waals surface area contributed by atoms with Gasteiger partial charge in [-0.1, -0.05) is 6.07 Å². The highest BCUT2D eigenvalue weighted by atomic mass is 19.4. The number of rotatable bonds is 2. The van der Waals surface area contributed by atoms with Gasteiger partial charge in [0.25, 0.3) is 0 Å². The van der Waals surface area contributed by atoms with Crippen LogP contribution in [0.2, 0.25) is 0 Å². The van der Waals surface area contributed by atoms with Crippen LogP contribution in [0, 0.1) is 6.92 Å². The first-order valence-electron chi connectivity index (χ1n) is 5.71. The average molecular weight is 266 g/mol. The van der Waals surface area contributed by atoms with Crippen molar-refractivity contribution in [3.8, 4) is 0 Å². The van der Waals surface area contributed by atoms with Crippen molar-refractivity contribution in [1.29, 1.82) is 0 Å². The summed E-state index contributed by atoms with van der Waals surface area (Å²) >= 11 is 0. The topological polar surface area (TPSA) is 16.1 Å². The van der Waals surface area contributed by atoms with Gasteiger partial charge >= 0.3 is 6.18 Å². The Hall–Kier alpha value is -2.04. The third-order valence-electron chi connectivity index (χ3n) is 2.82. The minimum atomic E-state index is -4.31. The van der Waals surface area contributed by atoms with Gasteiger partial charge in [0.15, 0.2) is 0 Å². The minimum Gasteiger partial charge on any atom is -0.329 e. The van der Waals surface area contributed by atoms with Gasteiger partial charge in [-0.25, -0.2) is 4.98 Å². The van der Waals surface area contributed by atoms with Crippen molar-refractivity contribution >= 4 is 11.5 Å². The van der Waals surface area contributed by atoms with Gasteiger partial charge in [0.2, 0.25) is 0 Å². The van der Waals surface area contributed by atoms with E-state index in [4.69, 9.17) is 0 Å². The highest BCUT2D eigenvalue weighted by Crippen LogP contribution is 2.31. The summed E-state index contributed by atoms with van der Waals surface area (Å²) in [7, 11) is 1.76. The van der Waals surface area contributed by atoms with E-state index in [-0.39, 0.29) is 0 Å². The smallest absolute Gasteiger partial charge is 0.329 e. The Bertz CT molecular complexity index is 544. The fourth-order valence-electron chi connectivity index (χ4n) is 1.66. The van der Waals surface area contributed by atoms with E-state index in [1.165, 1.54) is 12.1 Å². The molecular formula is C14H13F3N2. The first-order valence-corrected chi connectivity index (χ1v) is 5.71. The summed E-state index contributed by atoms with van der Waals surface area (Å²) in [6.07, 6.45) is -2.59. The van der Waals surface area contributed by atoms with Crippen LogP contribution >= 0.6 is 0 Å². The number of hydrogen-bond acceptors (Lipinski definition) is 2. The van der Waals surface area contributed by atoms with Gasteiger partial charge in [0, 0.05) is 18.9 Å². The molecule has 0 saturated carbocycles. The quantitative estimate of drug-likeness (QED) is 0.810. The van der Waals surface area contributed by atoms with E-state index >= 15 is 0 Å². The molecule has 1 heterocycles. The second-order valence-corrected chi connectivity index (χ2v) is 4.30. The molecule has 5 heteroatoms. The predicted molar refractivity (Wildman–Crippen MR) is 68.5 cm³/mol. The molecule has 0 spiro atoms. The number of halogens is 3.